The van der Waals surface area contributed by atoms with Gasteiger partial charge in [-0.15, -0.1) is 0 Å². The van der Waals surface area contributed by atoms with Crippen molar-refractivity contribution in [3.63, 3.8) is 0 Å². The van der Waals surface area contributed by atoms with E-state index in [1.807, 2.05) is 0 Å². The van der Waals surface area contributed by atoms with Gasteiger partial charge in [0.15, 0.2) is 6.29 Å². The molecular weight excluding hydrogens is 214 g/mol. The third-order valence-corrected chi connectivity index (χ3v) is 3.49. The molecular formula is C14H19NO2. The van der Waals surface area contributed by atoms with Gasteiger partial charge in [-0.25, -0.2) is 4.98 Å². The monoisotopic (exact) mass is 233 g/mol. The average Bonchev–Trinajstić information content (AvgIpc) is 2.32. The molecule has 0 unspecified atom stereocenters. The summed E-state index contributed by atoms with van der Waals surface area (Å²) in [6.07, 6.45) is 7.09. The number of ether oxygens (including phenoxy) is 1. The number of hydrogen-bond acceptors (Lipinski definition) is 3. The van der Waals surface area contributed by atoms with E-state index in [0.717, 1.165) is 19.1 Å². The van der Waals surface area contributed by atoms with E-state index in [1.54, 1.807) is 18.3 Å². The molecule has 1 aliphatic rings. The summed E-state index contributed by atoms with van der Waals surface area (Å²) in [6, 6.07) is 3.49. The summed E-state index contributed by atoms with van der Waals surface area (Å²) < 4.78 is 5.83. The van der Waals surface area contributed by atoms with Gasteiger partial charge >= 0.3 is 0 Å². The Labute approximate surface area is 102 Å². The molecule has 0 bridgehead atoms. The van der Waals surface area contributed by atoms with Crippen molar-refractivity contribution in [2.24, 2.45) is 5.41 Å². The van der Waals surface area contributed by atoms with E-state index >= 15 is 0 Å². The second kappa shape index (κ2) is 4.86. The van der Waals surface area contributed by atoms with E-state index in [4.69, 9.17) is 4.74 Å². The zero-order chi connectivity index (χ0) is 12.3. The number of carbonyl (C=O) groups excluding carboxylic acids is 1. The van der Waals surface area contributed by atoms with Crippen LogP contribution in [0.15, 0.2) is 18.3 Å². The van der Waals surface area contributed by atoms with Gasteiger partial charge in [-0.2, -0.15) is 0 Å². The highest BCUT2D eigenvalue weighted by atomic mass is 16.5. The Hall–Kier alpha value is -1.38. The lowest BCUT2D eigenvalue weighted by Gasteiger charge is -2.34. The number of aromatic nitrogens is 1. The van der Waals surface area contributed by atoms with Gasteiger partial charge in [0.1, 0.15) is 6.10 Å². The Morgan fingerprint density at radius 2 is 2.12 bits per heavy atom. The first-order valence-electron chi connectivity index (χ1n) is 6.17. The van der Waals surface area contributed by atoms with E-state index in [9.17, 15) is 4.79 Å². The van der Waals surface area contributed by atoms with Crippen LogP contribution in [0.2, 0.25) is 0 Å². The molecule has 3 heteroatoms. The van der Waals surface area contributed by atoms with Crippen LogP contribution >= 0.6 is 0 Å². The zero-order valence-electron chi connectivity index (χ0n) is 10.5. The maximum Gasteiger partial charge on any atom is 0.224 e. The predicted molar refractivity (Wildman–Crippen MR) is 66.3 cm³/mol. The molecule has 1 aliphatic carbocycles. The number of aldehydes is 1. The molecule has 0 N–H and O–H groups in total. The molecule has 3 nitrogen and oxygen atoms in total. The molecule has 1 saturated carbocycles. The van der Waals surface area contributed by atoms with E-state index in [-0.39, 0.29) is 6.10 Å². The molecule has 1 fully saturated rings. The highest BCUT2D eigenvalue weighted by molar-refractivity contribution is 5.77. The molecule has 1 heterocycles. The molecule has 0 amide bonds. The minimum atomic E-state index is 0.205. The van der Waals surface area contributed by atoms with Gasteiger partial charge in [0, 0.05) is 6.20 Å². The Morgan fingerprint density at radius 3 is 2.76 bits per heavy atom. The number of rotatable bonds is 3. The topological polar surface area (TPSA) is 39.2 Å². The molecule has 2 rings (SSSR count). The molecule has 0 saturated heterocycles. The standard InChI is InChI=1S/C14H19NO2/c1-14(2)7-5-12(6-8-14)17-13-11(10-16)4-3-9-15-13/h3-4,9-10,12H,5-8H2,1-2H3. The molecule has 92 valence electrons. The number of pyridine rings is 1. The normalized spacial score (nSPS) is 19.9. The second-order valence-corrected chi connectivity index (χ2v) is 5.50. The fourth-order valence-electron chi connectivity index (χ4n) is 2.24. The van der Waals surface area contributed by atoms with Crippen molar-refractivity contribution in [2.75, 3.05) is 0 Å². The van der Waals surface area contributed by atoms with Crippen molar-refractivity contribution >= 4 is 6.29 Å². The molecule has 0 aliphatic heterocycles. The van der Waals surface area contributed by atoms with Gasteiger partial charge in [0.25, 0.3) is 0 Å². The molecule has 0 atom stereocenters. The molecule has 0 spiro atoms. The van der Waals surface area contributed by atoms with E-state index < -0.39 is 0 Å². The Bertz CT molecular complexity index is 391. The Kier molecular flexibility index (Phi) is 3.46. The average molecular weight is 233 g/mol. The maximum absolute atomic E-state index is 10.9. The lowest BCUT2D eigenvalue weighted by atomic mass is 9.76. The first kappa shape index (κ1) is 12.1. The Balaban J connectivity index is 2.00. The van der Waals surface area contributed by atoms with Crippen molar-refractivity contribution in [3.05, 3.63) is 23.9 Å². The lowest BCUT2D eigenvalue weighted by Crippen LogP contribution is -2.28. The second-order valence-electron chi connectivity index (χ2n) is 5.50. The molecule has 0 aromatic carbocycles. The van der Waals surface area contributed by atoms with Crippen LogP contribution in [0.25, 0.3) is 0 Å². The molecule has 17 heavy (non-hydrogen) atoms. The van der Waals surface area contributed by atoms with Crippen LogP contribution in [0, 0.1) is 5.41 Å². The Morgan fingerprint density at radius 1 is 1.41 bits per heavy atom. The van der Waals surface area contributed by atoms with Crippen molar-refractivity contribution in [2.45, 2.75) is 45.6 Å². The van der Waals surface area contributed by atoms with Gasteiger partial charge in [0.05, 0.1) is 5.56 Å². The summed E-state index contributed by atoms with van der Waals surface area (Å²) >= 11 is 0. The van der Waals surface area contributed by atoms with Gasteiger partial charge in [0.2, 0.25) is 5.88 Å². The van der Waals surface area contributed by atoms with Crippen molar-refractivity contribution in [1.29, 1.82) is 0 Å². The smallest absolute Gasteiger partial charge is 0.224 e. The molecule has 1 aromatic rings. The molecule has 0 radical (unpaired) electrons. The summed E-state index contributed by atoms with van der Waals surface area (Å²) in [5.74, 6) is 0.479. The van der Waals surface area contributed by atoms with Crippen LogP contribution < -0.4 is 4.74 Å². The number of hydrogen-bond donors (Lipinski definition) is 0. The highest BCUT2D eigenvalue weighted by Crippen LogP contribution is 2.36. The lowest BCUT2D eigenvalue weighted by molar-refractivity contribution is 0.0925. The van der Waals surface area contributed by atoms with E-state index in [0.29, 0.717) is 16.9 Å². The first-order chi connectivity index (χ1) is 8.11. The quantitative estimate of drug-likeness (QED) is 0.752. The minimum absolute atomic E-state index is 0.205. The van der Waals surface area contributed by atoms with Crippen LogP contribution in [0.3, 0.4) is 0 Å². The highest BCUT2D eigenvalue weighted by Gasteiger charge is 2.28. The van der Waals surface area contributed by atoms with Crippen molar-refractivity contribution in [1.82, 2.24) is 4.98 Å². The van der Waals surface area contributed by atoms with Gasteiger partial charge in [-0.05, 0) is 43.2 Å². The number of nitrogens with zero attached hydrogens (tertiary/aromatic N) is 1. The minimum Gasteiger partial charge on any atom is -0.474 e. The number of carbonyl (C=O) groups is 1. The summed E-state index contributed by atoms with van der Waals surface area (Å²) in [7, 11) is 0. The van der Waals surface area contributed by atoms with E-state index in [1.165, 1.54) is 12.8 Å². The largest absolute Gasteiger partial charge is 0.474 e. The summed E-state index contributed by atoms with van der Waals surface area (Å²) in [5.41, 5.74) is 0.967. The van der Waals surface area contributed by atoms with E-state index in [2.05, 4.69) is 18.8 Å². The maximum atomic E-state index is 10.9. The SMILES string of the molecule is CC1(C)CCC(Oc2ncccc2C=O)CC1. The summed E-state index contributed by atoms with van der Waals surface area (Å²) in [4.78, 5) is 15.0. The third kappa shape index (κ3) is 3.05. The predicted octanol–water partition coefficient (Wildman–Crippen LogP) is 3.24. The molecule has 1 aromatic heterocycles. The van der Waals surface area contributed by atoms with Crippen LogP contribution in [0.5, 0.6) is 5.88 Å². The first-order valence-corrected chi connectivity index (χ1v) is 6.17. The fourth-order valence-corrected chi connectivity index (χ4v) is 2.24. The van der Waals surface area contributed by atoms with Crippen LogP contribution in [0.1, 0.15) is 49.9 Å². The third-order valence-electron chi connectivity index (χ3n) is 3.49. The zero-order valence-corrected chi connectivity index (χ0v) is 10.5. The van der Waals surface area contributed by atoms with Crippen LogP contribution in [-0.2, 0) is 0 Å². The fraction of sp³-hybridized carbons (Fsp3) is 0.571. The van der Waals surface area contributed by atoms with Crippen molar-refractivity contribution in [3.8, 4) is 5.88 Å². The summed E-state index contributed by atoms with van der Waals surface area (Å²) in [6.45, 7) is 4.58. The van der Waals surface area contributed by atoms with Gasteiger partial charge in [-0.3, -0.25) is 4.79 Å². The van der Waals surface area contributed by atoms with Gasteiger partial charge in [-0.1, -0.05) is 13.8 Å². The van der Waals surface area contributed by atoms with Crippen LogP contribution in [-0.4, -0.2) is 17.4 Å². The van der Waals surface area contributed by atoms with Gasteiger partial charge < -0.3 is 4.74 Å². The van der Waals surface area contributed by atoms with Crippen LogP contribution in [0.4, 0.5) is 0 Å². The van der Waals surface area contributed by atoms with Crippen molar-refractivity contribution < 1.29 is 9.53 Å². The summed E-state index contributed by atoms with van der Waals surface area (Å²) in [5, 5.41) is 0.